The van der Waals surface area contributed by atoms with Crippen molar-refractivity contribution in [3.05, 3.63) is 224 Å². The quantitative estimate of drug-likeness (QED) is 0.152. The Morgan fingerprint density at radius 3 is 1.32 bits per heavy atom. The highest BCUT2D eigenvalue weighted by Crippen LogP contribution is 2.45. The standard InChI is InChI=1S/C58H37NS/c1-2-11-38(12-3-1)50-18-9-21-54-55-22-10-19-51(58(55)60-57(50)54)42-27-33-45(34-28-42)59(46-35-29-43-24-23-39-13-5-7-16-49(39)56(43)37-46)44-31-25-41(26-32-44)48-17-8-20-52-47-15-6-4-14-40(47)30-36-53(48)52/h1-37H. The van der Waals surface area contributed by atoms with Crippen LogP contribution in [0.4, 0.5) is 17.1 Å². The van der Waals surface area contributed by atoms with Gasteiger partial charge in [-0.3, -0.25) is 0 Å². The molecule has 11 aromatic carbocycles. The molecule has 0 saturated carbocycles. The third kappa shape index (κ3) is 5.68. The maximum absolute atomic E-state index is 2.40. The van der Waals surface area contributed by atoms with Crippen LogP contribution in [0.25, 0.3) is 96.6 Å². The van der Waals surface area contributed by atoms with E-state index in [9.17, 15) is 0 Å². The summed E-state index contributed by atoms with van der Waals surface area (Å²) >= 11 is 1.90. The molecule has 0 aliphatic rings. The van der Waals surface area contributed by atoms with E-state index in [0.717, 1.165) is 17.1 Å². The second-order valence-corrected chi connectivity index (χ2v) is 16.7. The lowest BCUT2D eigenvalue weighted by molar-refractivity contribution is 1.29. The molecule has 0 unspecified atom stereocenters. The lowest BCUT2D eigenvalue weighted by atomic mass is 9.94. The Morgan fingerprint density at radius 1 is 0.250 bits per heavy atom. The van der Waals surface area contributed by atoms with Crippen molar-refractivity contribution in [2.45, 2.75) is 0 Å². The molecule has 0 fully saturated rings. The van der Waals surface area contributed by atoms with Gasteiger partial charge in [-0.15, -0.1) is 11.3 Å². The van der Waals surface area contributed by atoms with Crippen LogP contribution < -0.4 is 4.90 Å². The van der Waals surface area contributed by atoms with Crippen LogP contribution in [0.2, 0.25) is 0 Å². The van der Waals surface area contributed by atoms with Crippen LogP contribution in [0.5, 0.6) is 0 Å². The van der Waals surface area contributed by atoms with E-state index in [1.807, 2.05) is 11.3 Å². The fourth-order valence-electron chi connectivity index (χ4n) is 9.34. The number of benzene rings is 11. The zero-order valence-corrected chi connectivity index (χ0v) is 33.5. The summed E-state index contributed by atoms with van der Waals surface area (Å²) in [6, 6.07) is 82.4. The van der Waals surface area contributed by atoms with E-state index < -0.39 is 0 Å². The summed E-state index contributed by atoms with van der Waals surface area (Å²) in [6.45, 7) is 0. The molecule has 280 valence electrons. The van der Waals surface area contributed by atoms with Gasteiger partial charge >= 0.3 is 0 Å². The molecule has 1 aromatic heterocycles. The molecule has 12 rings (SSSR count). The average Bonchev–Trinajstić information content (AvgIpc) is 3.71. The summed E-state index contributed by atoms with van der Waals surface area (Å²) in [4.78, 5) is 2.40. The van der Waals surface area contributed by atoms with Crippen LogP contribution >= 0.6 is 11.3 Å². The van der Waals surface area contributed by atoms with Crippen LogP contribution in [0.3, 0.4) is 0 Å². The topological polar surface area (TPSA) is 3.24 Å². The van der Waals surface area contributed by atoms with Crippen LogP contribution in [0, 0.1) is 0 Å². The second-order valence-electron chi connectivity index (χ2n) is 15.6. The van der Waals surface area contributed by atoms with Crippen molar-refractivity contribution in [3.8, 4) is 33.4 Å². The summed E-state index contributed by atoms with van der Waals surface area (Å²) in [5, 5.41) is 12.7. The molecule has 12 aromatic rings. The fourth-order valence-corrected chi connectivity index (χ4v) is 10.7. The zero-order valence-electron chi connectivity index (χ0n) is 32.7. The van der Waals surface area contributed by atoms with E-state index in [2.05, 4.69) is 229 Å². The minimum atomic E-state index is 1.11. The minimum Gasteiger partial charge on any atom is -0.310 e. The van der Waals surface area contributed by atoms with E-state index in [4.69, 9.17) is 0 Å². The predicted molar refractivity (Wildman–Crippen MR) is 260 cm³/mol. The van der Waals surface area contributed by atoms with Crippen LogP contribution in [-0.2, 0) is 0 Å². The number of thiophene rings is 1. The lowest BCUT2D eigenvalue weighted by Gasteiger charge is -2.26. The molecular formula is C58H37NS. The highest BCUT2D eigenvalue weighted by atomic mass is 32.1. The van der Waals surface area contributed by atoms with Gasteiger partial charge in [-0.05, 0) is 113 Å². The van der Waals surface area contributed by atoms with Crippen LogP contribution in [-0.4, -0.2) is 0 Å². The first-order chi connectivity index (χ1) is 29.7. The second kappa shape index (κ2) is 14.1. The van der Waals surface area contributed by atoms with E-state index in [1.54, 1.807) is 0 Å². The Balaban J connectivity index is 0.981. The Hall–Kier alpha value is -7.52. The van der Waals surface area contributed by atoms with Gasteiger partial charge in [0.15, 0.2) is 0 Å². The molecule has 0 N–H and O–H groups in total. The lowest BCUT2D eigenvalue weighted by Crippen LogP contribution is -2.10. The van der Waals surface area contributed by atoms with Gasteiger partial charge < -0.3 is 4.90 Å². The van der Waals surface area contributed by atoms with Gasteiger partial charge in [-0.25, -0.2) is 0 Å². The molecule has 0 radical (unpaired) electrons. The third-order valence-corrected chi connectivity index (χ3v) is 13.5. The van der Waals surface area contributed by atoms with Gasteiger partial charge in [0.05, 0.1) is 0 Å². The normalized spacial score (nSPS) is 11.7. The van der Waals surface area contributed by atoms with Gasteiger partial charge in [-0.2, -0.15) is 0 Å². The van der Waals surface area contributed by atoms with Gasteiger partial charge in [0.25, 0.3) is 0 Å². The molecule has 0 atom stereocenters. The molecule has 1 heterocycles. The van der Waals surface area contributed by atoms with Crippen LogP contribution in [0.15, 0.2) is 224 Å². The monoisotopic (exact) mass is 779 g/mol. The molecule has 0 bridgehead atoms. The van der Waals surface area contributed by atoms with Gasteiger partial charge in [0.1, 0.15) is 0 Å². The SMILES string of the molecule is c1ccc(-c2cccc3c2sc2c(-c4ccc(N(c5ccc(-c6cccc7c6ccc6ccccc67)cc5)c5ccc6ccc7ccccc7c6c5)cc4)cccc23)cc1. The number of anilines is 3. The number of hydrogen-bond donors (Lipinski definition) is 0. The first kappa shape index (κ1) is 34.5. The molecular weight excluding hydrogens is 743 g/mol. The summed E-state index contributed by atoms with van der Waals surface area (Å²) in [5.41, 5.74) is 10.8. The molecule has 0 saturated heterocycles. The van der Waals surface area contributed by atoms with Crippen molar-refractivity contribution in [2.75, 3.05) is 4.90 Å². The summed E-state index contributed by atoms with van der Waals surface area (Å²) < 4.78 is 2.65. The van der Waals surface area contributed by atoms with E-state index in [0.29, 0.717) is 0 Å². The number of nitrogens with zero attached hydrogens (tertiary/aromatic N) is 1. The van der Waals surface area contributed by atoms with Gasteiger partial charge in [0.2, 0.25) is 0 Å². The molecule has 60 heavy (non-hydrogen) atoms. The average molecular weight is 780 g/mol. The van der Waals surface area contributed by atoms with E-state index >= 15 is 0 Å². The highest BCUT2D eigenvalue weighted by Gasteiger charge is 2.18. The molecule has 2 heteroatoms. The van der Waals surface area contributed by atoms with Crippen molar-refractivity contribution >= 4 is 91.7 Å². The molecule has 0 aliphatic heterocycles. The van der Waals surface area contributed by atoms with Crippen LogP contribution in [0.1, 0.15) is 0 Å². The summed E-state index contributed by atoms with van der Waals surface area (Å²) in [5.74, 6) is 0. The highest BCUT2D eigenvalue weighted by molar-refractivity contribution is 7.26. The molecule has 1 nitrogen and oxygen atoms in total. The smallest absolute Gasteiger partial charge is 0.0468 e. The van der Waals surface area contributed by atoms with E-state index in [-0.39, 0.29) is 0 Å². The number of fused-ring (bicyclic) bond motifs is 9. The largest absolute Gasteiger partial charge is 0.310 e. The Kier molecular flexibility index (Phi) is 8.11. The Bertz CT molecular complexity index is 3580. The fraction of sp³-hybridized carbons (Fsp3) is 0. The van der Waals surface area contributed by atoms with Crippen molar-refractivity contribution in [1.82, 2.24) is 0 Å². The number of hydrogen-bond acceptors (Lipinski definition) is 2. The van der Waals surface area contributed by atoms with Crippen molar-refractivity contribution < 1.29 is 0 Å². The minimum absolute atomic E-state index is 1.11. The van der Waals surface area contributed by atoms with Crippen molar-refractivity contribution in [1.29, 1.82) is 0 Å². The number of rotatable bonds is 6. The Labute approximate surface area is 352 Å². The maximum atomic E-state index is 2.40. The summed E-state index contributed by atoms with van der Waals surface area (Å²) in [6.07, 6.45) is 0. The summed E-state index contributed by atoms with van der Waals surface area (Å²) in [7, 11) is 0. The Morgan fingerprint density at radius 2 is 0.683 bits per heavy atom. The molecule has 0 amide bonds. The van der Waals surface area contributed by atoms with Gasteiger partial charge in [-0.1, -0.05) is 188 Å². The third-order valence-electron chi connectivity index (χ3n) is 12.3. The van der Waals surface area contributed by atoms with Gasteiger partial charge in [0, 0.05) is 37.2 Å². The van der Waals surface area contributed by atoms with E-state index in [1.165, 1.54) is 96.6 Å². The first-order valence-electron chi connectivity index (χ1n) is 20.6. The zero-order chi connectivity index (χ0) is 39.6. The van der Waals surface area contributed by atoms with Crippen molar-refractivity contribution in [2.24, 2.45) is 0 Å². The first-order valence-corrected chi connectivity index (χ1v) is 21.4. The predicted octanol–water partition coefficient (Wildman–Crippen LogP) is 17.1. The molecule has 0 aliphatic carbocycles. The molecule has 0 spiro atoms. The van der Waals surface area contributed by atoms with Crippen molar-refractivity contribution in [3.63, 3.8) is 0 Å². The maximum Gasteiger partial charge on any atom is 0.0468 e.